The third kappa shape index (κ3) is 4.10. The first-order chi connectivity index (χ1) is 16.4. The molecule has 0 unspecified atom stereocenters. The van der Waals surface area contributed by atoms with Gasteiger partial charge in [0.15, 0.2) is 5.11 Å². The van der Waals surface area contributed by atoms with Gasteiger partial charge in [0.25, 0.3) is 5.91 Å². The Bertz CT molecular complexity index is 1340. The summed E-state index contributed by atoms with van der Waals surface area (Å²) in [6.07, 6.45) is 3.74. The lowest BCUT2D eigenvalue weighted by Gasteiger charge is -2.27. The lowest BCUT2D eigenvalue weighted by Crippen LogP contribution is -2.42. The summed E-state index contributed by atoms with van der Waals surface area (Å²) in [4.78, 5) is 29.5. The van der Waals surface area contributed by atoms with Gasteiger partial charge in [-0.3, -0.25) is 14.5 Å². The van der Waals surface area contributed by atoms with Gasteiger partial charge >= 0.3 is 0 Å². The fourth-order valence-corrected chi connectivity index (χ4v) is 4.67. The molecule has 174 valence electrons. The molecule has 0 bridgehead atoms. The van der Waals surface area contributed by atoms with Crippen molar-refractivity contribution < 1.29 is 14.3 Å². The summed E-state index contributed by atoms with van der Waals surface area (Å²) in [5.41, 5.74) is 5.20. The molecule has 3 aromatic rings. The van der Waals surface area contributed by atoms with E-state index in [0.717, 1.165) is 33.3 Å². The maximum atomic E-state index is 13.3. The Hall–Kier alpha value is -3.49. The molecule has 0 saturated carbocycles. The second kappa shape index (κ2) is 9.04. The molecule has 2 aliphatic rings. The van der Waals surface area contributed by atoms with E-state index in [0.29, 0.717) is 37.1 Å². The van der Waals surface area contributed by atoms with E-state index in [-0.39, 0.29) is 18.4 Å². The van der Waals surface area contributed by atoms with Crippen LogP contribution in [0.1, 0.15) is 16.7 Å². The maximum absolute atomic E-state index is 13.3. The van der Waals surface area contributed by atoms with Crippen LogP contribution >= 0.6 is 12.2 Å². The number of hydrogen-bond donors (Lipinski definition) is 1. The Morgan fingerprint density at radius 2 is 1.88 bits per heavy atom. The molecule has 2 fully saturated rings. The average Bonchev–Trinajstić information content (AvgIpc) is 3.32. The van der Waals surface area contributed by atoms with Crippen LogP contribution in [-0.2, 0) is 20.9 Å². The summed E-state index contributed by atoms with van der Waals surface area (Å²) >= 11 is 5.49. The number of benzene rings is 2. The van der Waals surface area contributed by atoms with Gasteiger partial charge in [0.2, 0.25) is 5.91 Å². The first kappa shape index (κ1) is 22.3. The Labute approximate surface area is 203 Å². The quantitative estimate of drug-likeness (QED) is 0.464. The van der Waals surface area contributed by atoms with Crippen molar-refractivity contribution in [2.24, 2.45) is 0 Å². The number of nitrogens with zero attached hydrogens (tertiary/aromatic N) is 3. The number of aryl methyl sites for hydroxylation is 2. The first-order valence-electron chi connectivity index (χ1n) is 11.3. The van der Waals surface area contributed by atoms with Gasteiger partial charge in [-0.15, -0.1) is 0 Å². The minimum atomic E-state index is -0.200. The molecule has 5 rings (SSSR count). The number of hydrogen-bond acceptors (Lipinski definition) is 4. The number of thiocarbonyl (C=S) groups is 1. The number of fused-ring (bicyclic) bond motifs is 1. The van der Waals surface area contributed by atoms with Crippen molar-refractivity contribution in [1.29, 1.82) is 0 Å². The van der Waals surface area contributed by atoms with Crippen molar-refractivity contribution in [3.05, 3.63) is 71.0 Å². The summed E-state index contributed by atoms with van der Waals surface area (Å²) in [6.45, 7) is 6.64. The average molecular weight is 475 g/mol. The van der Waals surface area contributed by atoms with E-state index in [1.54, 1.807) is 0 Å². The number of morpholine rings is 1. The van der Waals surface area contributed by atoms with E-state index in [2.05, 4.69) is 5.32 Å². The van der Waals surface area contributed by atoms with Gasteiger partial charge in [-0.1, -0.05) is 24.3 Å². The minimum Gasteiger partial charge on any atom is -0.378 e. The van der Waals surface area contributed by atoms with Crippen LogP contribution in [0, 0.1) is 13.8 Å². The summed E-state index contributed by atoms with van der Waals surface area (Å²) in [6, 6.07) is 13.7. The van der Waals surface area contributed by atoms with Crippen molar-refractivity contribution in [3.63, 3.8) is 0 Å². The fraction of sp³-hybridized carbons (Fsp3) is 0.269. The number of aromatic nitrogens is 1. The Balaban J connectivity index is 1.46. The summed E-state index contributed by atoms with van der Waals surface area (Å²) in [5.74, 6) is -0.144. The molecule has 0 aliphatic carbocycles. The highest BCUT2D eigenvalue weighted by Crippen LogP contribution is 2.28. The van der Waals surface area contributed by atoms with Crippen LogP contribution in [0.25, 0.3) is 17.0 Å². The topological polar surface area (TPSA) is 66.8 Å². The third-order valence-corrected chi connectivity index (χ3v) is 6.70. The van der Waals surface area contributed by atoms with E-state index in [1.165, 1.54) is 4.90 Å². The van der Waals surface area contributed by atoms with Crippen LogP contribution in [0.3, 0.4) is 0 Å². The van der Waals surface area contributed by atoms with Crippen molar-refractivity contribution in [3.8, 4) is 0 Å². The standard InChI is InChI=1S/C26H26N4O3S/c1-17-7-8-20(13-18(17)2)30-25(32)22(27-26(30)34)14-19-15-29(23-6-4-3-5-21(19)23)16-24(31)28-9-11-33-12-10-28/h3-8,13-15H,9-12,16H2,1-2H3,(H,27,34)/b22-14-. The molecule has 2 aromatic carbocycles. The van der Waals surface area contributed by atoms with E-state index in [1.807, 2.05) is 78.1 Å². The van der Waals surface area contributed by atoms with Crippen LogP contribution < -0.4 is 10.2 Å². The minimum absolute atomic E-state index is 0.0559. The molecule has 1 N–H and O–H groups in total. The molecule has 1 aromatic heterocycles. The van der Waals surface area contributed by atoms with Gasteiger partial charge in [0.05, 0.1) is 18.9 Å². The van der Waals surface area contributed by atoms with Gasteiger partial charge in [-0.2, -0.15) is 0 Å². The number of ether oxygens (including phenoxy) is 1. The number of carbonyl (C=O) groups is 2. The second-order valence-electron chi connectivity index (χ2n) is 8.62. The van der Waals surface area contributed by atoms with Crippen LogP contribution in [0.2, 0.25) is 0 Å². The highest BCUT2D eigenvalue weighted by Gasteiger charge is 2.32. The summed E-state index contributed by atoms with van der Waals surface area (Å²) < 4.78 is 7.30. The number of rotatable bonds is 4. The first-order valence-corrected chi connectivity index (χ1v) is 11.7. The predicted octanol–water partition coefficient (Wildman–Crippen LogP) is 3.38. The van der Waals surface area contributed by atoms with Gasteiger partial charge in [-0.25, -0.2) is 0 Å². The summed E-state index contributed by atoms with van der Waals surface area (Å²) in [5, 5.41) is 4.39. The van der Waals surface area contributed by atoms with Crippen LogP contribution in [-0.4, -0.2) is 52.7 Å². The molecule has 3 heterocycles. The molecule has 2 saturated heterocycles. The van der Waals surface area contributed by atoms with E-state index < -0.39 is 0 Å². The van der Waals surface area contributed by atoms with Crippen molar-refractivity contribution in [2.45, 2.75) is 20.4 Å². The molecule has 2 amide bonds. The number of anilines is 1. The Morgan fingerprint density at radius 3 is 2.65 bits per heavy atom. The van der Waals surface area contributed by atoms with Crippen molar-refractivity contribution in [2.75, 3.05) is 31.2 Å². The number of nitrogens with one attached hydrogen (secondary N) is 1. The number of amides is 2. The highest BCUT2D eigenvalue weighted by atomic mass is 32.1. The zero-order valence-corrected chi connectivity index (χ0v) is 20.0. The van der Waals surface area contributed by atoms with Crippen LogP contribution in [0.5, 0.6) is 0 Å². The van der Waals surface area contributed by atoms with Gasteiger partial charge < -0.3 is 19.5 Å². The maximum Gasteiger partial charge on any atom is 0.281 e. The molecule has 0 radical (unpaired) electrons. The normalized spacial score (nSPS) is 17.6. The van der Waals surface area contributed by atoms with E-state index >= 15 is 0 Å². The van der Waals surface area contributed by atoms with Crippen LogP contribution in [0.15, 0.2) is 54.4 Å². The van der Waals surface area contributed by atoms with E-state index in [9.17, 15) is 9.59 Å². The van der Waals surface area contributed by atoms with E-state index in [4.69, 9.17) is 17.0 Å². The highest BCUT2D eigenvalue weighted by molar-refractivity contribution is 7.80. The van der Waals surface area contributed by atoms with Gasteiger partial charge in [0.1, 0.15) is 12.2 Å². The molecule has 7 nitrogen and oxygen atoms in total. The van der Waals surface area contributed by atoms with Crippen LogP contribution in [0.4, 0.5) is 5.69 Å². The monoisotopic (exact) mass is 474 g/mol. The molecule has 0 atom stereocenters. The van der Waals surface area contributed by atoms with Gasteiger partial charge in [-0.05, 0) is 61.5 Å². The van der Waals surface area contributed by atoms with Crippen molar-refractivity contribution in [1.82, 2.24) is 14.8 Å². The predicted molar refractivity (Wildman–Crippen MR) is 136 cm³/mol. The largest absolute Gasteiger partial charge is 0.378 e. The number of carbonyl (C=O) groups excluding carboxylic acids is 2. The molecule has 34 heavy (non-hydrogen) atoms. The smallest absolute Gasteiger partial charge is 0.281 e. The van der Waals surface area contributed by atoms with Gasteiger partial charge in [0, 0.05) is 35.8 Å². The SMILES string of the molecule is Cc1ccc(N2C(=O)/C(=C/c3cn(CC(=O)N4CCOCC4)c4ccccc34)NC2=S)cc1C. The lowest BCUT2D eigenvalue weighted by atomic mass is 10.1. The zero-order valence-electron chi connectivity index (χ0n) is 19.2. The third-order valence-electron chi connectivity index (χ3n) is 6.42. The molecule has 0 spiro atoms. The molecule has 2 aliphatic heterocycles. The Morgan fingerprint density at radius 1 is 1.12 bits per heavy atom. The lowest BCUT2D eigenvalue weighted by molar-refractivity contribution is -0.135. The molecular formula is C26H26N4O3S. The summed E-state index contributed by atoms with van der Waals surface area (Å²) in [7, 11) is 0. The zero-order chi connectivity index (χ0) is 23.8. The Kier molecular flexibility index (Phi) is 5.93. The fourth-order valence-electron chi connectivity index (χ4n) is 4.37. The van der Waals surface area contributed by atoms with Crippen molar-refractivity contribution >= 4 is 51.8 Å². The second-order valence-corrected chi connectivity index (χ2v) is 9.01. The molecule has 8 heteroatoms. The number of para-hydroxylation sites is 1. The molecular weight excluding hydrogens is 448 g/mol.